The van der Waals surface area contributed by atoms with Gasteiger partial charge in [0, 0.05) is 42.6 Å². The first-order chi connectivity index (χ1) is 19.0. The molecule has 0 radical (unpaired) electrons. The van der Waals surface area contributed by atoms with Crippen LogP contribution in [0.1, 0.15) is 44.6 Å². The van der Waals surface area contributed by atoms with Crippen LogP contribution in [-0.4, -0.2) is 49.2 Å². The second-order valence-corrected chi connectivity index (χ2v) is 11.5. The van der Waals surface area contributed by atoms with E-state index in [-0.39, 0.29) is 5.41 Å². The molecule has 2 fully saturated rings. The van der Waals surface area contributed by atoms with Gasteiger partial charge in [0.1, 0.15) is 11.6 Å². The number of rotatable bonds is 7. The summed E-state index contributed by atoms with van der Waals surface area (Å²) in [6.45, 7) is 7.68. The van der Waals surface area contributed by atoms with Gasteiger partial charge in [0.25, 0.3) is 0 Å². The molecule has 2 aliphatic rings. The van der Waals surface area contributed by atoms with Crippen molar-refractivity contribution < 1.29 is 0 Å². The molecule has 9 heteroatoms. The number of hydrogen-bond donors (Lipinski definition) is 3. The first-order valence-electron chi connectivity index (χ1n) is 13.8. The van der Waals surface area contributed by atoms with Gasteiger partial charge in [-0.05, 0) is 79.0 Å². The average Bonchev–Trinajstić information content (AvgIpc) is 3.69. The average molecular weight is 520 g/mol. The van der Waals surface area contributed by atoms with E-state index in [9.17, 15) is 0 Å². The Morgan fingerprint density at radius 1 is 1.05 bits per heavy atom. The molecule has 1 aliphatic carbocycles. The zero-order chi connectivity index (χ0) is 26.4. The molecule has 7 rings (SSSR count). The van der Waals surface area contributed by atoms with Gasteiger partial charge >= 0.3 is 0 Å². The lowest BCUT2D eigenvalue weighted by Gasteiger charge is -2.39. The van der Waals surface area contributed by atoms with Gasteiger partial charge in [0.2, 0.25) is 0 Å². The Morgan fingerprint density at radius 3 is 2.85 bits per heavy atom. The molecular formula is C30H33N9. The highest BCUT2D eigenvalue weighted by Crippen LogP contribution is 2.44. The molecule has 0 bridgehead atoms. The molecule has 9 nitrogen and oxygen atoms in total. The van der Waals surface area contributed by atoms with Crippen LogP contribution in [-0.2, 0) is 0 Å². The van der Waals surface area contributed by atoms with Crippen LogP contribution in [0.25, 0.3) is 27.8 Å². The first-order valence-corrected chi connectivity index (χ1v) is 13.8. The normalized spacial score (nSPS) is 18.9. The number of anilines is 3. The SMILES string of the molecule is CC1(C)CNCCC1CNc1nc(-c2ccnc(Nc3ccc4ccnn4c3)c2)nc2cncc(C3CC3)c12. The fourth-order valence-electron chi connectivity index (χ4n) is 5.66. The fourth-order valence-corrected chi connectivity index (χ4v) is 5.66. The van der Waals surface area contributed by atoms with Crippen LogP contribution in [0, 0.1) is 11.3 Å². The van der Waals surface area contributed by atoms with Crippen molar-refractivity contribution in [1.29, 1.82) is 0 Å². The number of pyridine rings is 3. The monoisotopic (exact) mass is 519 g/mol. The summed E-state index contributed by atoms with van der Waals surface area (Å²) in [6.07, 6.45) is 13.0. The van der Waals surface area contributed by atoms with Crippen molar-refractivity contribution in [2.75, 3.05) is 30.3 Å². The molecule has 1 saturated carbocycles. The van der Waals surface area contributed by atoms with E-state index in [2.05, 4.69) is 44.9 Å². The standard InChI is InChI=1S/C30H33N9/c1-30(2)18-31-10-8-21(30)14-34-29-27-24(19-3-4-19)15-32-16-25(27)37-28(38-29)20-7-11-33-26(13-20)36-22-5-6-23-9-12-35-39(23)17-22/h5-7,9,11-13,15-17,19,21,31H,3-4,8,10,14,18H2,1-2H3,(H,33,36)(H,34,37,38). The van der Waals surface area contributed by atoms with Crippen molar-refractivity contribution in [3.63, 3.8) is 0 Å². The molecule has 39 heavy (non-hydrogen) atoms. The zero-order valence-corrected chi connectivity index (χ0v) is 22.4. The van der Waals surface area contributed by atoms with Gasteiger partial charge in [0.05, 0.1) is 29.1 Å². The van der Waals surface area contributed by atoms with E-state index in [1.807, 2.05) is 53.4 Å². The van der Waals surface area contributed by atoms with Crippen LogP contribution in [0.15, 0.2) is 61.3 Å². The number of piperidine rings is 1. The van der Waals surface area contributed by atoms with Crippen molar-refractivity contribution >= 4 is 33.7 Å². The number of fused-ring (bicyclic) bond motifs is 2. The second-order valence-electron chi connectivity index (χ2n) is 11.5. The molecule has 0 amide bonds. The minimum Gasteiger partial charge on any atom is -0.369 e. The van der Waals surface area contributed by atoms with E-state index < -0.39 is 0 Å². The molecule has 0 aromatic carbocycles. The van der Waals surface area contributed by atoms with Crippen molar-refractivity contribution in [1.82, 2.24) is 34.9 Å². The summed E-state index contributed by atoms with van der Waals surface area (Å²) in [7, 11) is 0. The maximum atomic E-state index is 5.12. The quantitative estimate of drug-likeness (QED) is 0.262. The lowest BCUT2D eigenvalue weighted by molar-refractivity contribution is 0.166. The van der Waals surface area contributed by atoms with Gasteiger partial charge in [0.15, 0.2) is 5.82 Å². The van der Waals surface area contributed by atoms with Gasteiger partial charge in [-0.3, -0.25) is 4.98 Å². The molecule has 5 aromatic rings. The highest BCUT2D eigenvalue weighted by atomic mass is 15.2. The zero-order valence-electron chi connectivity index (χ0n) is 22.4. The highest BCUT2D eigenvalue weighted by molar-refractivity contribution is 5.93. The van der Waals surface area contributed by atoms with Crippen LogP contribution in [0.2, 0.25) is 0 Å². The third kappa shape index (κ3) is 4.78. The van der Waals surface area contributed by atoms with E-state index in [0.29, 0.717) is 17.7 Å². The molecule has 5 aromatic heterocycles. The molecule has 3 N–H and O–H groups in total. The van der Waals surface area contributed by atoms with Crippen molar-refractivity contribution in [2.24, 2.45) is 11.3 Å². The third-order valence-electron chi connectivity index (χ3n) is 8.21. The Morgan fingerprint density at radius 2 is 1.97 bits per heavy atom. The Labute approximate surface area is 227 Å². The number of aromatic nitrogens is 6. The lowest BCUT2D eigenvalue weighted by atomic mass is 9.74. The van der Waals surface area contributed by atoms with Crippen LogP contribution >= 0.6 is 0 Å². The van der Waals surface area contributed by atoms with Crippen molar-refractivity contribution in [3.8, 4) is 11.4 Å². The summed E-state index contributed by atoms with van der Waals surface area (Å²) >= 11 is 0. The maximum Gasteiger partial charge on any atom is 0.162 e. The Balaban J connectivity index is 1.24. The Bertz CT molecular complexity index is 1650. The largest absolute Gasteiger partial charge is 0.369 e. The molecule has 1 saturated heterocycles. The van der Waals surface area contributed by atoms with Gasteiger partial charge in [-0.1, -0.05) is 13.8 Å². The molecule has 1 aliphatic heterocycles. The van der Waals surface area contributed by atoms with Crippen LogP contribution in [0.5, 0.6) is 0 Å². The van der Waals surface area contributed by atoms with E-state index >= 15 is 0 Å². The van der Waals surface area contributed by atoms with Crippen LogP contribution < -0.4 is 16.0 Å². The first kappa shape index (κ1) is 24.0. The maximum absolute atomic E-state index is 5.12. The second kappa shape index (κ2) is 9.57. The molecule has 1 atom stereocenters. The van der Waals surface area contributed by atoms with Crippen LogP contribution in [0.4, 0.5) is 17.3 Å². The summed E-state index contributed by atoms with van der Waals surface area (Å²) in [6, 6.07) is 9.97. The fraction of sp³-hybridized carbons (Fsp3) is 0.367. The van der Waals surface area contributed by atoms with E-state index in [1.54, 1.807) is 12.4 Å². The molecule has 1 unspecified atom stereocenters. The summed E-state index contributed by atoms with van der Waals surface area (Å²) in [4.78, 5) is 19.2. The van der Waals surface area contributed by atoms with Gasteiger partial charge in [-0.15, -0.1) is 0 Å². The van der Waals surface area contributed by atoms with Crippen molar-refractivity contribution in [2.45, 2.75) is 39.0 Å². The van der Waals surface area contributed by atoms with Gasteiger partial charge in [-0.25, -0.2) is 19.5 Å². The minimum atomic E-state index is 0.225. The molecule has 198 valence electrons. The van der Waals surface area contributed by atoms with Crippen LogP contribution in [0.3, 0.4) is 0 Å². The predicted octanol–water partition coefficient (Wildman–Crippen LogP) is 5.40. The van der Waals surface area contributed by atoms with Crippen molar-refractivity contribution in [3.05, 3.63) is 66.9 Å². The van der Waals surface area contributed by atoms with Gasteiger partial charge in [-0.2, -0.15) is 5.10 Å². The minimum absolute atomic E-state index is 0.225. The van der Waals surface area contributed by atoms with Gasteiger partial charge < -0.3 is 16.0 Å². The number of nitrogens with one attached hydrogen (secondary N) is 3. The Kier molecular flexibility index (Phi) is 5.88. The lowest BCUT2D eigenvalue weighted by Crippen LogP contribution is -2.45. The summed E-state index contributed by atoms with van der Waals surface area (Å²) < 4.78 is 1.84. The van der Waals surface area contributed by atoms with E-state index in [4.69, 9.17) is 9.97 Å². The number of hydrogen-bond acceptors (Lipinski definition) is 8. The topological polar surface area (TPSA) is 105 Å². The molecule has 0 spiro atoms. The Hall–Kier alpha value is -4.11. The smallest absolute Gasteiger partial charge is 0.162 e. The molecular weight excluding hydrogens is 486 g/mol. The van der Waals surface area contributed by atoms with E-state index in [0.717, 1.165) is 65.4 Å². The summed E-state index contributed by atoms with van der Waals surface area (Å²) in [5.74, 6) is 3.40. The third-order valence-corrected chi connectivity index (χ3v) is 8.21. The predicted molar refractivity (Wildman–Crippen MR) is 154 cm³/mol. The summed E-state index contributed by atoms with van der Waals surface area (Å²) in [5, 5.41) is 16.2. The summed E-state index contributed by atoms with van der Waals surface area (Å²) in [5.41, 5.74) is 5.21. The number of nitrogens with zero attached hydrogens (tertiary/aromatic N) is 6. The molecule has 6 heterocycles. The van der Waals surface area contributed by atoms with E-state index in [1.165, 1.54) is 18.4 Å². The highest BCUT2D eigenvalue weighted by Gasteiger charge is 2.33.